The molecule has 0 bridgehead atoms. The van der Waals surface area contributed by atoms with Gasteiger partial charge in [0.25, 0.3) is 0 Å². The van der Waals surface area contributed by atoms with Crippen LogP contribution in [-0.4, -0.2) is 63.5 Å². The predicted octanol–water partition coefficient (Wildman–Crippen LogP) is 5.10. The fourth-order valence-corrected chi connectivity index (χ4v) is 6.25. The number of nitrogens with two attached hydrogens (primary N) is 1. The zero-order chi connectivity index (χ0) is 32.9. The number of hydrogen-bond donors (Lipinski definition) is 3. The highest BCUT2D eigenvalue weighted by molar-refractivity contribution is 7.52. The van der Waals surface area contributed by atoms with Crippen molar-refractivity contribution >= 4 is 42.6 Å². The van der Waals surface area contributed by atoms with Crippen molar-refractivity contribution in [2.75, 3.05) is 30.9 Å². The van der Waals surface area contributed by atoms with Gasteiger partial charge in [-0.05, 0) is 32.4 Å². The summed E-state index contributed by atoms with van der Waals surface area (Å²) in [4.78, 5) is 37.8. The molecular weight excluding hydrogens is 617 g/mol. The van der Waals surface area contributed by atoms with E-state index in [0.29, 0.717) is 17.6 Å². The maximum Gasteiger partial charge on any atom is 0.459 e. The van der Waals surface area contributed by atoms with E-state index in [1.54, 1.807) is 41.8 Å². The van der Waals surface area contributed by atoms with E-state index in [9.17, 15) is 14.2 Å². The van der Waals surface area contributed by atoms with Gasteiger partial charge in [-0.25, -0.2) is 9.55 Å². The van der Waals surface area contributed by atoms with Crippen LogP contribution in [0.3, 0.4) is 0 Å². The number of fused-ring (bicyclic) bond motifs is 1. The second kappa shape index (κ2) is 17.3. The van der Waals surface area contributed by atoms with E-state index in [1.807, 2.05) is 0 Å². The largest absolute Gasteiger partial charge is 0.465 e. The molecule has 0 aliphatic carbocycles. The first-order valence-corrected chi connectivity index (χ1v) is 17.3. The number of anilines is 2. The Hall–Kier alpha value is -3.62. The molecule has 0 radical (unpaired) electrons. The Labute approximate surface area is 268 Å². The lowest BCUT2D eigenvalue weighted by atomic mass is 10.1. The van der Waals surface area contributed by atoms with Crippen LogP contribution in [0.4, 0.5) is 11.8 Å². The Morgan fingerprint density at radius 2 is 1.85 bits per heavy atom. The molecule has 1 saturated heterocycles. The van der Waals surface area contributed by atoms with E-state index in [4.69, 9.17) is 29.0 Å². The van der Waals surface area contributed by atoms with Gasteiger partial charge < -0.3 is 29.8 Å². The van der Waals surface area contributed by atoms with Gasteiger partial charge in [-0.15, -0.1) is 0 Å². The number of nitrogens with one attached hydrogen (secondary N) is 2. The summed E-state index contributed by atoms with van der Waals surface area (Å²) >= 11 is 0. The van der Waals surface area contributed by atoms with Crippen LogP contribution in [0.2, 0.25) is 0 Å². The minimum Gasteiger partial charge on any atom is -0.465 e. The van der Waals surface area contributed by atoms with E-state index in [0.717, 1.165) is 19.3 Å². The molecule has 0 saturated carbocycles. The SMILES string of the molecule is CCCCCCCCCC(=O)Nc1nc(N)nc2c1ncn2[C@H]1CO[C@@H](COP(=O)(N[C@@H](C)C(=O)OCC)Oc2ccccc2)O1. The van der Waals surface area contributed by atoms with Crippen LogP contribution in [0.5, 0.6) is 5.75 Å². The molecule has 1 aromatic carbocycles. The van der Waals surface area contributed by atoms with Crippen molar-refractivity contribution < 1.29 is 37.4 Å². The summed E-state index contributed by atoms with van der Waals surface area (Å²) in [6.07, 6.45) is 7.96. The first kappa shape index (κ1) is 35.2. The van der Waals surface area contributed by atoms with Crippen molar-refractivity contribution in [3.05, 3.63) is 36.7 Å². The summed E-state index contributed by atoms with van der Waals surface area (Å²) in [5, 5.41) is 5.43. The van der Waals surface area contributed by atoms with Crippen LogP contribution in [0.1, 0.15) is 78.4 Å². The minimum absolute atomic E-state index is 0.0416. The first-order valence-electron chi connectivity index (χ1n) is 15.7. The number of nitrogen functional groups attached to an aromatic ring is 1. The second-order valence-corrected chi connectivity index (χ2v) is 12.5. The maximum absolute atomic E-state index is 13.7. The molecule has 0 spiro atoms. The Morgan fingerprint density at radius 3 is 2.59 bits per heavy atom. The van der Waals surface area contributed by atoms with E-state index in [2.05, 4.69) is 32.3 Å². The topological polar surface area (TPSA) is 191 Å². The zero-order valence-electron chi connectivity index (χ0n) is 26.6. The number of benzene rings is 1. The lowest BCUT2D eigenvalue weighted by molar-refractivity contribution is -0.144. The van der Waals surface area contributed by atoms with Crippen LogP contribution in [0.25, 0.3) is 11.2 Å². The summed E-state index contributed by atoms with van der Waals surface area (Å²) in [5.41, 5.74) is 6.68. The molecular formula is C30H44N7O8P. The summed E-state index contributed by atoms with van der Waals surface area (Å²) < 4.78 is 43.4. The van der Waals surface area contributed by atoms with Crippen LogP contribution in [0, 0.1) is 0 Å². The minimum atomic E-state index is -4.10. The average Bonchev–Trinajstić information content (AvgIpc) is 3.67. The number of imidazole rings is 1. The highest BCUT2D eigenvalue weighted by Gasteiger charge is 2.36. The van der Waals surface area contributed by atoms with Gasteiger partial charge in [-0.2, -0.15) is 15.1 Å². The Morgan fingerprint density at radius 1 is 1.11 bits per heavy atom. The summed E-state index contributed by atoms with van der Waals surface area (Å²) in [5.74, 6) is -0.340. The maximum atomic E-state index is 13.7. The molecule has 252 valence electrons. The fraction of sp³-hybridized carbons (Fsp3) is 0.567. The molecule has 4 N–H and O–H groups in total. The highest BCUT2D eigenvalue weighted by Crippen LogP contribution is 2.45. The molecule has 1 aliphatic heterocycles. The number of nitrogens with zero attached hydrogens (tertiary/aromatic N) is 4. The third kappa shape index (κ3) is 10.2. The third-order valence-electron chi connectivity index (χ3n) is 7.09. The molecule has 16 heteroatoms. The van der Waals surface area contributed by atoms with Crippen molar-refractivity contribution in [2.45, 2.75) is 90.7 Å². The summed E-state index contributed by atoms with van der Waals surface area (Å²) in [6, 6.07) is 7.42. The number of unbranched alkanes of at least 4 members (excludes halogenated alkanes) is 6. The monoisotopic (exact) mass is 661 g/mol. The highest BCUT2D eigenvalue weighted by atomic mass is 31.2. The quantitative estimate of drug-likeness (QED) is 0.0874. The predicted molar refractivity (Wildman–Crippen MR) is 171 cm³/mol. The summed E-state index contributed by atoms with van der Waals surface area (Å²) in [6.45, 7) is 5.29. The van der Waals surface area contributed by atoms with E-state index < -0.39 is 32.3 Å². The Bertz CT molecular complexity index is 1470. The molecule has 2 aromatic heterocycles. The Kier molecular flexibility index (Phi) is 13.3. The van der Waals surface area contributed by atoms with Gasteiger partial charge in [0.15, 0.2) is 29.5 Å². The van der Waals surface area contributed by atoms with E-state index >= 15 is 0 Å². The van der Waals surface area contributed by atoms with Crippen molar-refractivity contribution in [1.82, 2.24) is 24.6 Å². The molecule has 1 unspecified atom stereocenters. The van der Waals surface area contributed by atoms with Crippen LogP contribution >= 0.6 is 7.75 Å². The third-order valence-corrected chi connectivity index (χ3v) is 8.73. The number of carbonyl (C=O) groups is 2. The number of para-hydroxylation sites is 1. The van der Waals surface area contributed by atoms with Gasteiger partial charge in [0, 0.05) is 6.42 Å². The lowest BCUT2D eigenvalue weighted by Gasteiger charge is -2.23. The lowest BCUT2D eigenvalue weighted by Crippen LogP contribution is -2.35. The molecule has 1 aliphatic rings. The smallest absolute Gasteiger partial charge is 0.459 e. The normalized spacial score (nSPS) is 18.2. The van der Waals surface area contributed by atoms with Crippen LogP contribution < -0.4 is 20.7 Å². The number of esters is 1. The van der Waals surface area contributed by atoms with Crippen LogP contribution in [-0.2, 0) is 32.9 Å². The van der Waals surface area contributed by atoms with Gasteiger partial charge in [0.1, 0.15) is 18.4 Å². The number of amides is 1. The molecule has 3 heterocycles. The number of aromatic nitrogens is 4. The van der Waals surface area contributed by atoms with Gasteiger partial charge in [-0.3, -0.25) is 18.7 Å². The first-order chi connectivity index (χ1) is 22.2. The Balaban J connectivity index is 1.36. The molecule has 15 nitrogen and oxygen atoms in total. The zero-order valence-corrected chi connectivity index (χ0v) is 27.4. The van der Waals surface area contributed by atoms with Crippen molar-refractivity contribution in [3.8, 4) is 5.75 Å². The van der Waals surface area contributed by atoms with Crippen LogP contribution in [0.15, 0.2) is 36.7 Å². The fourth-order valence-electron chi connectivity index (χ4n) is 4.77. The van der Waals surface area contributed by atoms with Crippen molar-refractivity contribution in [1.29, 1.82) is 0 Å². The van der Waals surface area contributed by atoms with E-state index in [-0.39, 0.29) is 43.2 Å². The molecule has 46 heavy (non-hydrogen) atoms. The van der Waals surface area contributed by atoms with Crippen molar-refractivity contribution in [2.24, 2.45) is 0 Å². The number of carbonyl (C=O) groups excluding carboxylic acids is 2. The van der Waals surface area contributed by atoms with Gasteiger partial charge >= 0.3 is 13.7 Å². The average molecular weight is 662 g/mol. The second-order valence-electron chi connectivity index (χ2n) is 10.8. The molecule has 3 aromatic rings. The van der Waals surface area contributed by atoms with Gasteiger partial charge in [-0.1, -0.05) is 63.6 Å². The number of hydrogen-bond acceptors (Lipinski definition) is 12. The summed E-state index contributed by atoms with van der Waals surface area (Å²) in [7, 11) is -4.10. The number of rotatable bonds is 19. The van der Waals surface area contributed by atoms with Crippen molar-refractivity contribution in [3.63, 3.8) is 0 Å². The van der Waals surface area contributed by atoms with E-state index in [1.165, 1.54) is 38.9 Å². The standard InChI is InChI=1S/C30H44N7O8P/c1-4-6-7-8-9-10-14-17-23(38)33-27-26-28(35-30(31)34-27)37(20-32-26)24-18-42-25(44-24)19-43-46(40,36-21(3)29(39)41-5-2)45-22-15-12-11-13-16-22/h11-13,15-16,20-21,24-25H,4-10,14,17-19H2,1-3H3,(H,36,40)(H3,31,33,34,35,38)/t21-,24+,25+,46?/m0/s1. The van der Waals surface area contributed by atoms with Gasteiger partial charge in [0.2, 0.25) is 11.9 Å². The molecule has 4 atom stereocenters. The molecule has 1 fully saturated rings. The van der Waals surface area contributed by atoms with Gasteiger partial charge in [0.05, 0.1) is 19.5 Å². The molecule has 4 rings (SSSR count). The number of ether oxygens (including phenoxy) is 3. The molecule has 1 amide bonds.